The molecule has 1 rings (SSSR count). The molecule has 64 valence electrons. The smallest absolute Gasteiger partial charge is 0.167 e. The third-order valence-electron chi connectivity index (χ3n) is 1.37. The number of rotatable bonds is 1. The number of aldehydes is 1. The first kappa shape index (κ1) is 8.83. The minimum atomic E-state index is 0.0556. The van der Waals surface area contributed by atoms with E-state index < -0.39 is 0 Å². The van der Waals surface area contributed by atoms with Crippen LogP contribution in [-0.2, 0) is 4.79 Å². The van der Waals surface area contributed by atoms with Crippen LogP contribution in [0.3, 0.4) is 0 Å². The maximum absolute atomic E-state index is 10.3. The van der Waals surface area contributed by atoms with E-state index in [-0.39, 0.29) is 5.70 Å². The van der Waals surface area contributed by atoms with Gasteiger partial charge < -0.3 is 5.73 Å². The molecule has 0 fully saturated rings. The highest BCUT2D eigenvalue weighted by Gasteiger charge is 2.09. The summed E-state index contributed by atoms with van der Waals surface area (Å²) in [5.41, 5.74) is 5.81. The number of hydrogen-bond donors (Lipinski definition) is 2. The number of nitrogens with zero attached hydrogens (tertiary/aromatic N) is 1. The summed E-state index contributed by atoms with van der Waals surface area (Å²) in [6.07, 6.45) is 5.16. The van der Waals surface area contributed by atoms with E-state index in [1.54, 1.807) is 6.08 Å². The molecule has 0 aliphatic carbocycles. The van der Waals surface area contributed by atoms with Crippen molar-refractivity contribution in [3.05, 3.63) is 34.8 Å². The van der Waals surface area contributed by atoms with Crippen molar-refractivity contribution in [1.29, 1.82) is 0 Å². The second kappa shape index (κ2) is 3.42. The summed E-state index contributed by atoms with van der Waals surface area (Å²) >= 11 is 5.66. The van der Waals surface area contributed by atoms with Crippen molar-refractivity contribution in [1.82, 2.24) is 5.01 Å². The summed E-state index contributed by atoms with van der Waals surface area (Å²) < 4.78 is 0. The van der Waals surface area contributed by atoms with Gasteiger partial charge in [-0.1, -0.05) is 11.6 Å². The van der Waals surface area contributed by atoms with Gasteiger partial charge in [0.2, 0.25) is 0 Å². The van der Waals surface area contributed by atoms with Gasteiger partial charge in [0, 0.05) is 11.2 Å². The molecule has 0 unspecified atom stereocenters. The van der Waals surface area contributed by atoms with E-state index >= 15 is 0 Å². The van der Waals surface area contributed by atoms with Crippen molar-refractivity contribution in [2.45, 2.75) is 0 Å². The van der Waals surface area contributed by atoms with Crippen LogP contribution < -0.4 is 11.6 Å². The lowest BCUT2D eigenvalue weighted by atomic mass is 10.2. The standard InChI is InChI=1S/C7H8ClN3O/c8-5-1-2-11(10)7(3-5)6(9)4-12/h1-4H,9-10H2/b7-6-. The van der Waals surface area contributed by atoms with Crippen LogP contribution in [0.2, 0.25) is 0 Å². The van der Waals surface area contributed by atoms with E-state index in [0.717, 1.165) is 0 Å². The Morgan fingerprint density at radius 2 is 2.33 bits per heavy atom. The van der Waals surface area contributed by atoms with E-state index in [2.05, 4.69) is 0 Å². The Balaban J connectivity index is 3.07. The fourth-order valence-corrected chi connectivity index (χ4v) is 0.938. The summed E-state index contributed by atoms with van der Waals surface area (Å²) in [7, 11) is 0. The lowest BCUT2D eigenvalue weighted by molar-refractivity contribution is -0.105. The molecule has 0 atom stereocenters. The maximum Gasteiger partial charge on any atom is 0.167 e. The van der Waals surface area contributed by atoms with Crippen LogP contribution >= 0.6 is 11.6 Å². The van der Waals surface area contributed by atoms with Gasteiger partial charge in [-0.25, -0.2) is 5.84 Å². The Morgan fingerprint density at radius 3 is 2.92 bits per heavy atom. The monoisotopic (exact) mass is 185 g/mol. The van der Waals surface area contributed by atoms with Crippen LogP contribution in [0, 0.1) is 0 Å². The molecule has 0 saturated heterocycles. The highest BCUT2D eigenvalue weighted by Crippen LogP contribution is 2.17. The minimum absolute atomic E-state index is 0.0556. The fraction of sp³-hybridized carbons (Fsp3) is 0. The highest BCUT2D eigenvalue weighted by molar-refractivity contribution is 6.31. The fourth-order valence-electron chi connectivity index (χ4n) is 0.778. The average molecular weight is 186 g/mol. The minimum Gasteiger partial charge on any atom is -0.394 e. The lowest BCUT2D eigenvalue weighted by Gasteiger charge is -2.18. The van der Waals surface area contributed by atoms with Crippen LogP contribution in [0.1, 0.15) is 0 Å². The number of hydrazine groups is 1. The zero-order chi connectivity index (χ0) is 9.14. The van der Waals surface area contributed by atoms with Crippen molar-refractivity contribution in [3.63, 3.8) is 0 Å². The molecule has 4 nitrogen and oxygen atoms in total. The van der Waals surface area contributed by atoms with Gasteiger partial charge in [-0.2, -0.15) is 0 Å². The quantitative estimate of drug-likeness (QED) is 0.347. The Morgan fingerprint density at radius 1 is 1.67 bits per heavy atom. The number of carbonyl (C=O) groups excluding carboxylic acids is 1. The molecule has 0 aromatic carbocycles. The van der Waals surface area contributed by atoms with Crippen molar-refractivity contribution in [2.75, 3.05) is 0 Å². The molecule has 0 bridgehead atoms. The van der Waals surface area contributed by atoms with Crippen molar-refractivity contribution in [3.8, 4) is 0 Å². The van der Waals surface area contributed by atoms with E-state index in [1.165, 1.54) is 17.3 Å². The van der Waals surface area contributed by atoms with Gasteiger partial charge in [0.05, 0.1) is 11.4 Å². The predicted molar refractivity (Wildman–Crippen MR) is 46.4 cm³/mol. The number of carbonyl (C=O) groups is 1. The maximum atomic E-state index is 10.3. The number of allylic oxidation sites excluding steroid dienone is 4. The van der Waals surface area contributed by atoms with Crippen LogP contribution in [0.25, 0.3) is 0 Å². The molecule has 1 aliphatic rings. The first-order valence-electron chi connectivity index (χ1n) is 3.19. The molecule has 0 amide bonds. The van der Waals surface area contributed by atoms with Crippen molar-refractivity contribution >= 4 is 17.9 Å². The van der Waals surface area contributed by atoms with Crippen LogP contribution in [0.5, 0.6) is 0 Å². The van der Waals surface area contributed by atoms with E-state index in [9.17, 15) is 4.79 Å². The lowest BCUT2D eigenvalue weighted by Crippen LogP contribution is -2.28. The Bertz CT molecular complexity index is 293. The van der Waals surface area contributed by atoms with Crippen LogP contribution in [0.4, 0.5) is 0 Å². The normalized spacial score (nSPS) is 20.5. The molecule has 0 aromatic heterocycles. The molecule has 1 heterocycles. The second-order valence-corrected chi connectivity index (χ2v) is 2.65. The van der Waals surface area contributed by atoms with Crippen molar-refractivity contribution in [2.24, 2.45) is 11.6 Å². The zero-order valence-corrected chi connectivity index (χ0v) is 6.95. The first-order chi connectivity index (χ1) is 5.65. The van der Waals surface area contributed by atoms with Gasteiger partial charge in [-0.15, -0.1) is 0 Å². The summed E-state index contributed by atoms with van der Waals surface area (Å²) in [6, 6.07) is 0. The van der Waals surface area contributed by atoms with Crippen LogP contribution in [-0.4, -0.2) is 11.3 Å². The Hall–Kier alpha value is -1.26. The molecular weight excluding hydrogens is 178 g/mol. The first-order valence-corrected chi connectivity index (χ1v) is 3.57. The highest BCUT2D eigenvalue weighted by atomic mass is 35.5. The summed E-state index contributed by atoms with van der Waals surface area (Å²) in [5.74, 6) is 5.46. The molecule has 0 aromatic rings. The van der Waals surface area contributed by atoms with Gasteiger partial charge >= 0.3 is 0 Å². The van der Waals surface area contributed by atoms with Gasteiger partial charge in [-0.05, 0) is 12.2 Å². The molecule has 4 N–H and O–H groups in total. The van der Waals surface area contributed by atoms with Crippen molar-refractivity contribution < 1.29 is 4.79 Å². The third-order valence-corrected chi connectivity index (χ3v) is 1.60. The topological polar surface area (TPSA) is 72.4 Å². The van der Waals surface area contributed by atoms with Gasteiger partial charge in [0.25, 0.3) is 0 Å². The molecule has 0 radical (unpaired) electrons. The van der Waals surface area contributed by atoms with Crippen LogP contribution in [0.15, 0.2) is 34.8 Å². The predicted octanol–water partition coefficient (Wildman–Crippen LogP) is 0.181. The number of halogens is 1. The molecule has 0 saturated carbocycles. The molecule has 0 spiro atoms. The zero-order valence-electron chi connectivity index (χ0n) is 6.20. The van der Waals surface area contributed by atoms with E-state index in [0.29, 0.717) is 17.0 Å². The Labute approximate surface area is 74.7 Å². The summed E-state index contributed by atoms with van der Waals surface area (Å²) in [6.45, 7) is 0. The van der Waals surface area contributed by atoms with E-state index in [1.807, 2.05) is 0 Å². The summed E-state index contributed by atoms with van der Waals surface area (Å²) in [5, 5.41) is 1.71. The Kier molecular flexibility index (Phi) is 2.52. The average Bonchev–Trinajstić information content (AvgIpc) is 2.08. The molecule has 5 heteroatoms. The van der Waals surface area contributed by atoms with Gasteiger partial charge in [-0.3, -0.25) is 9.80 Å². The number of nitrogens with two attached hydrogens (primary N) is 2. The van der Waals surface area contributed by atoms with Gasteiger partial charge in [0.1, 0.15) is 0 Å². The van der Waals surface area contributed by atoms with E-state index in [4.69, 9.17) is 23.2 Å². The van der Waals surface area contributed by atoms with Gasteiger partial charge in [0.15, 0.2) is 6.29 Å². The summed E-state index contributed by atoms with van der Waals surface area (Å²) in [4.78, 5) is 10.3. The molecular formula is C7H8ClN3O. The number of hydrogen-bond acceptors (Lipinski definition) is 4. The largest absolute Gasteiger partial charge is 0.394 e. The SMILES string of the molecule is N/C(C=O)=C1/C=C(Cl)C=CN1N. The molecule has 1 aliphatic heterocycles. The second-order valence-electron chi connectivity index (χ2n) is 2.21. The third kappa shape index (κ3) is 1.66. The molecule has 12 heavy (non-hydrogen) atoms.